The summed E-state index contributed by atoms with van der Waals surface area (Å²) < 4.78 is 10.5. The minimum atomic E-state index is -0.386. The van der Waals surface area contributed by atoms with E-state index in [1.807, 2.05) is 13.0 Å². The molecular weight excluding hydrogens is 366 g/mol. The van der Waals surface area contributed by atoms with E-state index < -0.39 is 0 Å². The Bertz CT molecular complexity index is 1010. The lowest BCUT2D eigenvalue weighted by atomic mass is 9.76. The van der Waals surface area contributed by atoms with Gasteiger partial charge >= 0.3 is 5.97 Å². The van der Waals surface area contributed by atoms with Crippen LogP contribution in [-0.2, 0) is 9.47 Å². The van der Waals surface area contributed by atoms with E-state index in [1.165, 1.54) is 7.11 Å². The van der Waals surface area contributed by atoms with E-state index in [4.69, 9.17) is 26.1 Å². The van der Waals surface area contributed by atoms with E-state index in [2.05, 4.69) is 15.6 Å². The number of ether oxygens (including phenoxy) is 2. The van der Waals surface area contributed by atoms with Crippen LogP contribution in [-0.4, -0.2) is 37.3 Å². The summed E-state index contributed by atoms with van der Waals surface area (Å²) in [6.07, 6.45) is 2.72. The zero-order chi connectivity index (χ0) is 18.8. The highest BCUT2D eigenvalue weighted by atomic mass is 35.5. The SMILES string of the molecule is COC(=O)c1cc2c(cc1C)N1C3=C=C(CC34CCOCC4)N=C1C(Cl)=N2. The number of rotatable bonds is 1. The van der Waals surface area contributed by atoms with Crippen LogP contribution in [0, 0.1) is 12.3 Å². The number of methoxy groups -OCH3 is 1. The second-order valence-corrected chi connectivity index (χ2v) is 7.67. The maximum absolute atomic E-state index is 12.1. The molecule has 1 aliphatic carbocycles. The van der Waals surface area contributed by atoms with Gasteiger partial charge in [-0.2, -0.15) is 0 Å². The maximum Gasteiger partial charge on any atom is 0.338 e. The van der Waals surface area contributed by atoms with Crippen molar-refractivity contribution in [3.8, 4) is 0 Å². The molecule has 0 unspecified atom stereocenters. The average molecular weight is 384 g/mol. The number of nitrogens with zero attached hydrogens (tertiary/aromatic N) is 3. The van der Waals surface area contributed by atoms with Gasteiger partial charge in [-0.25, -0.2) is 14.8 Å². The first-order chi connectivity index (χ1) is 13.0. The van der Waals surface area contributed by atoms with Gasteiger partial charge < -0.3 is 9.47 Å². The number of aliphatic imine (C=N–C) groups is 2. The molecule has 0 N–H and O–H groups in total. The van der Waals surface area contributed by atoms with Crippen molar-refractivity contribution in [2.45, 2.75) is 26.2 Å². The third kappa shape index (κ3) is 2.34. The summed E-state index contributed by atoms with van der Waals surface area (Å²) in [5.74, 6) is 0.254. The standard InChI is InChI=1S/C20H18ClN3O3/c1-11-7-15-14(9-13(11)19(25)26-2)23-17(21)18-22-12-8-16(24(15)18)20(10-12)3-5-27-6-4-20/h7,9H,3-6,10H2,1-2H3. The largest absolute Gasteiger partial charge is 0.465 e. The lowest BCUT2D eigenvalue weighted by Gasteiger charge is -2.40. The van der Waals surface area contributed by atoms with Gasteiger partial charge in [0.1, 0.15) is 0 Å². The first-order valence-electron chi connectivity index (χ1n) is 8.97. The van der Waals surface area contributed by atoms with Crippen LogP contribution in [0.3, 0.4) is 0 Å². The molecule has 0 aromatic heterocycles. The summed E-state index contributed by atoms with van der Waals surface area (Å²) >= 11 is 6.49. The first kappa shape index (κ1) is 16.8. The fourth-order valence-corrected chi connectivity index (χ4v) is 4.56. The van der Waals surface area contributed by atoms with Crippen molar-refractivity contribution in [2.24, 2.45) is 15.4 Å². The molecule has 6 nitrogen and oxygen atoms in total. The van der Waals surface area contributed by atoms with E-state index in [0.29, 0.717) is 22.3 Å². The number of amidine groups is 1. The molecule has 1 aromatic carbocycles. The van der Waals surface area contributed by atoms with Gasteiger partial charge in [0.15, 0.2) is 11.0 Å². The molecular formula is C20H18ClN3O3. The Labute approximate surface area is 161 Å². The number of halogens is 1. The number of benzene rings is 1. The topological polar surface area (TPSA) is 63.5 Å². The zero-order valence-electron chi connectivity index (χ0n) is 15.1. The summed E-state index contributed by atoms with van der Waals surface area (Å²) in [7, 11) is 1.37. The van der Waals surface area contributed by atoms with Crippen molar-refractivity contribution in [1.82, 2.24) is 0 Å². The Balaban J connectivity index is 1.67. The fraction of sp³-hybridized carbons (Fsp3) is 0.400. The van der Waals surface area contributed by atoms with Crippen LogP contribution in [0.2, 0.25) is 0 Å². The van der Waals surface area contributed by atoms with Crippen LogP contribution in [0.15, 0.2) is 39.2 Å². The zero-order valence-corrected chi connectivity index (χ0v) is 15.9. The van der Waals surface area contributed by atoms with Crippen LogP contribution in [0.25, 0.3) is 0 Å². The van der Waals surface area contributed by atoms with Crippen LogP contribution >= 0.6 is 11.6 Å². The first-order valence-corrected chi connectivity index (χ1v) is 9.34. The van der Waals surface area contributed by atoms with E-state index in [-0.39, 0.29) is 11.4 Å². The van der Waals surface area contributed by atoms with E-state index in [1.54, 1.807) is 6.07 Å². The second-order valence-electron chi connectivity index (χ2n) is 7.31. The second kappa shape index (κ2) is 5.80. The van der Waals surface area contributed by atoms with Crippen LogP contribution < -0.4 is 4.90 Å². The Morgan fingerprint density at radius 2 is 2.11 bits per heavy atom. The van der Waals surface area contributed by atoms with Crippen LogP contribution in [0.1, 0.15) is 35.2 Å². The minimum absolute atomic E-state index is 0.0282. The van der Waals surface area contributed by atoms with Gasteiger partial charge in [0.05, 0.1) is 35.4 Å². The monoisotopic (exact) mass is 383 g/mol. The van der Waals surface area contributed by atoms with Crippen molar-refractivity contribution >= 4 is 40.0 Å². The smallest absolute Gasteiger partial charge is 0.338 e. The predicted molar refractivity (Wildman–Crippen MR) is 103 cm³/mol. The Hall–Kier alpha value is -2.40. The molecule has 7 heteroatoms. The molecule has 0 amide bonds. The van der Waals surface area contributed by atoms with Crippen LogP contribution in [0.4, 0.5) is 11.4 Å². The number of hydrogen-bond donors (Lipinski definition) is 0. The Kier molecular flexibility index (Phi) is 3.60. The van der Waals surface area contributed by atoms with E-state index in [0.717, 1.165) is 55.1 Å². The van der Waals surface area contributed by atoms with Crippen molar-refractivity contribution < 1.29 is 14.3 Å². The molecule has 3 heterocycles. The highest BCUT2D eigenvalue weighted by Crippen LogP contribution is 2.53. The number of allylic oxidation sites excluding steroid dienone is 1. The van der Waals surface area contributed by atoms with Crippen molar-refractivity contribution in [1.29, 1.82) is 0 Å². The molecule has 1 aromatic rings. The maximum atomic E-state index is 12.1. The molecule has 0 atom stereocenters. The highest BCUT2D eigenvalue weighted by Gasteiger charge is 2.48. The summed E-state index contributed by atoms with van der Waals surface area (Å²) in [5, 5.41) is 0.322. The molecule has 138 valence electrons. The molecule has 3 aliphatic heterocycles. The summed E-state index contributed by atoms with van der Waals surface area (Å²) in [4.78, 5) is 23.4. The van der Waals surface area contributed by atoms with Gasteiger partial charge in [-0.05, 0) is 37.5 Å². The van der Waals surface area contributed by atoms with E-state index >= 15 is 0 Å². The molecule has 1 spiro atoms. The lowest BCUT2D eigenvalue weighted by Crippen LogP contribution is -2.43. The summed E-state index contributed by atoms with van der Waals surface area (Å²) in [6.45, 7) is 3.36. The quantitative estimate of drug-likeness (QED) is 0.546. The fourth-order valence-electron chi connectivity index (χ4n) is 4.35. The molecule has 0 radical (unpaired) electrons. The normalized spacial score (nSPS) is 21.7. The number of esters is 1. The van der Waals surface area contributed by atoms with Crippen molar-refractivity contribution in [2.75, 3.05) is 25.2 Å². The van der Waals surface area contributed by atoms with Gasteiger partial charge in [-0.15, -0.1) is 0 Å². The van der Waals surface area contributed by atoms with Gasteiger partial charge in [0, 0.05) is 25.0 Å². The van der Waals surface area contributed by atoms with E-state index in [9.17, 15) is 4.79 Å². The number of aryl methyl sites for hydroxylation is 1. The summed E-state index contributed by atoms with van der Waals surface area (Å²) in [5.41, 5.74) is 8.30. The number of hydrogen-bond acceptors (Lipinski definition) is 6. The minimum Gasteiger partial charge on any atom is -0.465 e. The van der Waals surface area contributed by atoms with Gasteiger partial charge in [-0.3, -0.25) is 4.90 Å². The molecule has 5 rings (SSSR count). The van der Waals surface area contributed by atoms with Crippen molar-refractivity contribution in [3.63, 3.8) is 0 Å². The highest BCUT2D eigenvalue weighted by molar-refractivity contribution is 6.85. The Morgan fingerprint density at radius 1 is 1.33 bits per heavy atom. The molecule has 27 heavy (non-hydrogen) atoms. The third-order valence-electron chi connectivity index (χ3n) is 5.77. The predicted octanol–water partition coefficient (Wildman–Crippen LogP) is 3.85. The average Bonchev–Trinajstić information content (AvgIpc) is 2.93. The van der Waals surface area contributed by atoms with Crippen LogP contribution in [0.5, 0.6) is 0 Å². The third-order valence-corrected chi connectivity index (χ3v) is 6.02. The number of carbonyl (C=O) groups is 1. The lowest BCUT2D eigenvalue weighted by molar-refractivity contribution is 0.0341. The summed E-state index contributed by atoms with van der Waals surface area (Å²) in [6, 6.07) is 3.69. The van der Waals surface area contributed by atoms with Gasteiger partial charge in [0.2, 0.25) is 0 Å². The molecule has 1 saturated heterocycles. The Morgan fingerprint density at radius 3 is 2.85 bits per heavy atom. The van der Waals surface area contributed by atoms with Crippen molar-refractivity contribution in [3.05, 3.63) is 40.4 Å². The molecule has 4 aliphatic rings. The molecule has 0 saturated carbocycles. The number of anilines is 1. The number of fused-ring (bicyclic) bond motifs is 5. The number of carbonyl (C=O) groups excluding carboxylic acids is 1. The molecule has 2 bridgehead atoms. The molecule has 1 fully saturated rings. The van der Waals surface area contributed by atoms with Gasteiger partial charge in [0.25, 0.3) is 0 Å². The van der Waals surface area contributed by atoms with Gasteiger partial charge in [-0.1, -0.05) is 17.3 Å².